The van der Waals surface area contributed by atoms with Crippen molar-refractivity contribution in [2.75, 3.05) is 44.3 Å². The van der Waals surface area contributed by atoms with Crippen molar-refractivity contribution in [3.05, 3.63) is 42.0 Å². The first-order chi connectivity index (χ1) is 16.2. The molecule has 0 radical (unpaired) electrons. The Balaban J connectivity index is 1.23. The van der Waals surface area contributed by atoms with Gasteiger partial charge in [-0.15, -0.1) is 0 Å². The molecule has 1 amide bonds. The highest BCUT2D eigenvalue weighted by Gasteiger charge is 2.40. The highest BCUT2D eigenvalue weighted by Crippen LogP contribution is 2.30. The van der Waals surface area contributed by atoms with Crippen LogP contribution in [0.2, 0.25) is 0 Å². The highest BCUT2D eigenvalue weighted by atomic mass is 16.5. The molecule has 9 heteroatoms. The molecule has 3 aliphatic heterocycles. The molecule has 7 rings (SSSR count). The first-order valence-corrected chi connectivity index (χ1v) is 11.6. The van der Waals surface area contributed by atoms with Crippen LogP contribution in [-0.4, -0.2) is 82.4 Å². The number of aromatic amines is 2. The number of imidazole rings is 1. The Bertz CT molecular complexity index is 1370. The largest absolute Gasteiger partial charge is 0.378 e. The number of carbonyl (C=O) groups excluding carboxylic acids is 1. The predicted molar refractivity (Wildman–Crippen MR) is 125 cm³/mol. The van der Waals surface area contributed by atoms with Crippen molar-refractivity contribution < 1.29 is 9.53 Å². The summed E-state index contributed by atoms with van der Waals surface area (Å²) in [7, 11) is 0. The predicted octanol–water partition coefficient (Wildman–Crippen LogP) is 2.13. The maximum absolute atomic E-state index is 13.2. The van der Waals surface area contributed by atoms with Crippen LogP contribution in [0.1, 0.15) is 16.8 Å². The number of amides is 1. The summed E-state index contributed by atoms with van der Waals surface area (Å²) in [6, 6.07) is 12.8. The molecule has 3 N–H and O–H groups in total. The minimum Gasteiger partial charge on any atom is -0.378 e. The maximum Gasteiger partial charge on any atom is 0.254 e. The number of aromatic nitrogens is 4. The summed E-state index contributed by atoms with van der Waals surface area (Å²) in [4.78, 5) is 25.8. The van der Waals surface area contributed by atoms with Crippen molar-refractivity contribution in [2.45, 2.75) is 18.5 Å². The molecule has 3 saturated heterocycles. The molecule has 2 bridgehead atoms. The van der Waals surface area contributed by atoms with Crippen LogP contribution in [-0.2, 0) is 4.74 Å². The number of likely N-dealkylation sites (tertiary alicyclic amines) is 1. The molecule has 4 aromatic rings. The Labute approximate surface area is 190 Å². The van der Waals surface area contributed by atoms with Gasteiger partial charge in [0, 0.05) is 54.9 Å². The number of nitrogens with one attached hydrogen (secondary N) is 3. The van der Waals surface area contributed by atoms with Crippen molar-refractivity contribution in [3.63, 3.8) is 0 Å². The number of anilines is 1. The second-order valence-corrected chi connectivity index (χ2v) is 9.17. The Morgan fingerprint density at radius 1 is 1.09 bits per heavy atom. The number of nitrogens with zero attached hydrogens (tertiary/aromatic N) is 4. The number of benzene rings is 2. The van der Waals surface area contributed by atoms with Gasteiger partial charge < -0.3 is 24.8 Å². The summed E-state index contributed by atoms with van der Waals surface area (Å²) in [6.07, 6.45) is 1.05. The van der Waals surface area contributed by atoms with Gasteiger partial charge in [-0.2, -0.15) is 5.10 Å². The SMILES string of the molecule is O=C(c1ccc2[nH]nc(-c3nc4ccc(N5CCOCC5)cc4[nH]3)c2c1)N1C[C@@H]2C[C@H]1CN2. The van der Waals surface area contributed by atoms with Crippen LogP contribution in [0.25, 0.3) is 33.5 Å². The third kappa shape index (κ3) is 3.11. The minimum atomic E-state index is 0.0952. The number of fused-ring (bicyclic) bond motifs is 4. The van der Waals surface area contributed by atoms with E-state index in [9.17, 15) is 4.79 Å². The summed E-state index contributed by atoms with van der Waals surface area (Å²) >= 11 is 0. The number of ether oxygens (including phenoxy) is 1. The molecule has 2 aromatic carbocycles. The topological polar surface area (TPSA) is 102 Å². The van der Waals surface area contributed by atoms with E-state index in [4.69, 9.17) is 9.72 Å². The van der Waals surface area contributed by atoms with Gasteiger partial charge in [0.25, 0.3) is 5.91 Å². The molecular weight excluding hydrogens is 418 g/mol. The third-order valence-corrected chi connectivity index (χ3v) is 7.19. The first-order valence-electron chi connectivity index (χ1n) is 11.6. The Hall–Kier alpha value is -3.43. The number of rotatable bonds is 3. The second-order valence-electron chi connectivity index (χ2n) is 9.17. The Morgan fingerprint density at radius 3 is 2.82 bits per heavy atom. The smallest absolute Gasteiger partial charge is 0.254 e. The molecule has 0 saturated carbocycles. The molecule has 168 valence electrons. The van der Waals surface area contributed by atoms with Gasteiger partial charge in [-0.3, -0.25) is 9.89 Å². The normalized spacial score (nSPS) is 22.7. The third-order valence-electron chi connectivity index (χ3n) is 7.19. The van der Waals surface area contributed by atoms with Crippen LogP contribution < -0.4 is 10.2 Å². The molecule has 5 heterocycles. The van der Waals surface area contributed by atoms with Gasteiger partial charge in [0.15, 0.2) is 5.82 Å². The van der Waals surface area contributed by atoms with Crippen molar-refractivity contribution in [1.29, 1.82) is 0 Å². The lowest BCUT2D eigenvalue weighted by molar-refractivity contribution is 0.0716. The zero-order valence-electron chi connectivity index (χ0n) is 18.2. The number of morpholine rings is 1. The van der Waals surface area contributed by atoms with E-state index in [1.165, 1.54) is 0 Å². The molecule has 0 unspecified atom stereocenters. The summed E-state index contributed by atoms with van der Waals surface area (Å²) < 4.78 is 5.47. The Morgan fingerprint density at radius 2 is 2.00 bits per heavy atom. The van der Waals surface area contributed by atoms with Crippen molar-refractivity contribution >= 4 is 33.5 Å². The number of hydrogen-bond donors (Lipinski definition) is 3. The molecule has 0 aliphatic carbocycles. The molecule has 2 atom stereocenters. The fourth-order valence-corrected chi connectivity index (χ4v) is 5.43. The molecule has 3 fully saturated rings. The van der Waals surface area contributed by atoms with Gasteiger partial charge in [0.2, 0.25) is 0 Å². The van der Waals surface area contributed by atoms with Crippen LogP contribution in [0.4, 0.5) is 5.69 Å². The average molecular weight is 444 g/mol. The lowest BCUT2D eigenvalue weighted by atomic mass is 10.1. The van der Waals surface area contributed by atoms with Gasteiger partial charge in [-0.05, 0) is 42.8 Å². The summed E-state index contributed by atoms with van der Waals surface area (Å²) in [5.41, 5.74) is 5.34. The monoisotopic (exact) mass is 443 g/mol. The van der Waals surface area contributed by atoms with Crippen LogP contribution >= 0.6 is 0 Å². The summed E-state index contributed by atoms with van der Waals surface area (Å²) in [5.74, 6) is 0.794. The Kier molecular flexibility index (Phi) is 4.22. The van der Waals surface area contributed by atoms with Crippen LogP contribution in [0.5, 0.6) is 0 Å². The average Bonchev–Trinajstić information content (AvgIpc) is 3.65. The fourth-order valence-electron chi connectivity index (χ4n) is 5.43. The molecule has 3 aliphatic rings. The fraction of sp³-hybridized carbons (Fsp3) is 0.375. The van der Waals surface area contributed by atoms with Crippen LogP contribution in [0, 0.1) is 0 Å². The van der Waals surface area contributed by atoms with E-state index in [2.05, 4.69) is 37.5 Å². The van der Waals surface area contributed by atoms with Gasteiger partial charge in [-0.1, -0.05) is 0 Å². The molecule has 9 nitrogen and oxygen atoms in total. The number of H-pyrrole nitrogens is 2. The molecule has 0 spiro atoms. The van der Waals surface area contributed by atoms with Crippen LogP contribution in [0.15, 0.2) is 36.4 Å². The van der Waals surface area contributed by atoms with E-state index in [-0.39, 0.29) is 5.91 Å². The van der Waals surface area contributed by atoms with E-state index in [1.807, 2.05) is 29.2 Å². The lowest BCUT2D eigenvalue weighted by Crippen LogP contribution is -2.46. The van der Waals surface area contributed by atoms with Gasteiger partial charge in [0.05, 0.1) is 29.8 Å². The number of hydrogen-bond acceptors (Lipinski definition) is 6. The highest BCUT2D eigenvalue weighted by molar-refractivity contribution is 6.01. The van der Waals surface area contributed by atoms with E-state index >= 15 is 0 Å². The summed E-state index contributed by atoms with van der Waals surface area (Å²) in [5, 5.41) is 12.0. The summed E-state index contributed by atoms with van der Waals surface area (Å²) in [6.45, 7) is 4.96. The van der Waals surface area contributed by atoms with Crippen molar-refractivity contribution in [3.8, 4) is 11.5 Å². The first kappa shape index (κ1) is 19.1. The number of carbonyl (C=O) groups is 1. The minimum absolute atomic E-state index is 0.0952. The van der Waals surface area contributed by atoms with Crippen molar-refractivity contribution in [2.24, 2.45) is 0 Å². The van der Waals surface area contributed by atoms with Gasteiger partial charge in [0.1, 0.15) is 5.69 Å². The maximum atomic E-state index is 13.2. The molecule has 33 heavy (non-hydrogen) atoms. The molecular formula is C24H25N7O2. The van der Waals surface area contributed by atoms with Crippen molar-refractivity contribution in [1.82, 2.24) is 30.4 Å². The zero-order valence-corrected chi connectivity index (χ0v) is 18.2. The zero-order chi connectivity index (χ0) is 21.9. The van der Waals surface area contributed by atoms with E-state index < -0.39 is 0 Å². The number of piperazine rings is 1. The van der Waals surface area contributed by atoms with E-state index in [0.717, 1.165) is 79.1 Å². The standard InChI is InChI=1S/C24H25N7O2/c32-24(31-13-15-10-17(31)12-25-15)14-1-3-19-18(9-14)22(29-28-19)23-26-20-4-2-16(11-21(20)27-23)30-5-7-33-8-6-30/h1-4,9,11,15,17,25H,5-8,10,12-13H2,(H,26,27)(H,28,29)/t15-,17-/m0/s1. The van der Waals surface area contributed by atoms with E-state index in [1.54, 1.807) is 0 Å². The second kappa shape index (κ2) is 7.29. The van der Waals surface area contributed by atoms with Crippen LogP contribution in [0.3, 0.4) is 0 Å². The quantitative estimate of drug-likeness (QED) is 0.448. The van der Waals surface area contributed by atoms with Gasteiger partial charge >= 0.3 is 0 Å². The molecule has 2 aromatic heterocycles. The lowest BCUT2D eigenvalue weighted by Gasteiger charge is -2.28. The van der Waals surface area contributed by atoms with Gasteiger partial charge in [-0.25, -0.2) is 4.98 Å². The van der Waals surface area contributed by atoms with E-state index in [0.29, 0.717) is 23.5 Å².